The lowest BCUT2D eigenvalue weighted by Gasteiger charge is -2.05. The molecule has 0 radical (unpaired) electrons. The highest BCUT2D eigenvalue weighted by Gasteiger charge is 2.14. The fourth-order valence-electron chi connectivity index (χ4n) is 1.54. The maximum absolute atomic E-state index is 5.37. The third kappa shape index (κ3) is 2.68. The number of allylic oxidation sites excluding steroid dienone is 1. The van der Waals surface area contributed by atoms with Gasteiger partial charge in [-0.1, -0.05) is 6.58 Å². The first-order valence-corrected chi connectivity index (χ1v) is 5.77. The van der Waals surface area contributed by atoms with Gasteiger partial charge in [-0.2, -0.15) is 10.2 Å². The van der Waals surface area contributed by atoms with E-state index < -0.39 is 0 Å². The first kappa shape index (κ1) is 12.2. The van der Waals surface area contributed by atoms with Gasteiger partial charge >= 0.3 is 0 Å². The molecule has 1 aromatic rings. The number of benzene rings is 1. The largest absolute Gasteiger partial charge is 0.494 e. The number of hydrazone groups is 2. The van der Waals surface area contributed by atoms with Crippen molar-refractivity contribution >= 4 is 17.1 Å². The number of rotatable bonds is 4. The molecule has 18 heavy (non-hydrogen) atoms. The van der Waals surface area contributed by atoms with Crippen LogP contribution in [0.25, 0.3) is 0 Å². The standard InChI is InChI=1S/C13H16N4O/c1-4-18-12-7-5-11(6-8-12)16-17-13-9(2)14-15-10(13)3/h5-8,14,16H,2,4H2,1,3H3/b17-13-. The van der Waals surface area contributed by atoms with Gasteiger partial charge in [-0.25, -0.2) is 0 Å². The molecule has 94 valence electrons. The van der Waals surface area contributed by atoms with Crippen molar-refractivity contribution in [2.24, 2.45) is 10.2 Å². The molecular weight excluding hydrogens is 228 g/mol. The highest BCUT2D eigenvalue weighted by atomic mass is 16.5. The second-order valence-corrected chi connectivity index (χ2v) is 3.82. The van der Waals surface area contributed by atoms with E-state index in [1.54, 1.807) is 0 Å². The Labute approximate surface area is 106 Å². The molecule has 5 heteroatoms. The molecule has 1 aliphatic heterocycles. The molecule has 2 N–H and O–H groups in total. The molecule has 0 aliphatic carbocycles. The van der Waals surface area contributed by atoms with Gasteiger partial charge < -0.3 is 4.74 Å². The van der Waals surface area contributed by atoms with Gasteiger partial charge in [0.2, 0.25) is 0 Å². The van der Waals surface area contributed by atoms with Crippen LogP contribution in [-0.2, 0) is 0 Å². The van der Waals surface area contributed by atoms with Crippen molar-refractivity contribution < 1.29 is 4.74 Å². The highest BCUT2D eigenvalue weighted by molar-refractivity contribution is 6.48. The van der Waals surface area contributed by atoms with E-state index in [1.165, 1.54) is 0 Å². The molecular formula is C13H16N4O. The Kier molecular flexibility index (Phi) is 3.62. The van der Waals surface area contributed by atoms with Gasteiger partial charge in [-0.15, -0.1) is 0 Å². The second kappa shape index (κ2) is 5.35. The Morgan fingerprint density at radius 1 is 1.39 bits per heavy atom. The lowest BCUT2D eigenvalue weighted by atomic mass is 10.2. The van der Waals surface area contributed by atoms with Crippen LogP contribution in [0.5, 0.6) is 5.75 Å². The van der Waals surface area contributed by atoms with E-state index >= 15 is 0 Å². The van der Waals surface area contributed by atoms with Crippen LogP contribution >= 0.6 is 0 Å². The number of nitrogens with zero attached hydrogens (tertiary/aromatic N) is 2. The van der Waals surface area contributed by atoms with Gasteiger partial charge in [-0.3, -0.25) is 10.9 Å². The van der Waals surface area contributed by atoms with E-state index in [2.05, 4.69) is 27.6 Å². The highest BCUT2D eigenvalue weighted by Crippen LogP contribution is 2.16. The number of nitrogens with one attached hydrogen (secondary N) is 2. The number of ether oxygens (including phenoxy) is 1. The van der Waals surface area contributed by atoms with Crippen LogP contribution in [0, 0.1) is 0 Å². The zero-order valence-corrected chi connectivity index (χ0v) is 10.5. The van der Waals surface area contributed by atoms with Gasteiger partial charge in [0.15, 0.2) is 0 Å². The van der Waals surface area contributed by atoms with Crippen molar-refractivity contribution in [2.75, 3.05) is 12.0 Å². The summed E-state index contributed by atoms with van der Waals surface area (Å²) in [6.07, 6.45) is 0. The van der Waals surface area contributed by atoms with Crippen molar-refractivity contribution in [2.45, 2.75) is 13.8 Å². The predicted octanol–water partition coefficient (Wildman–Crippen LogP) is 2.35. The molecule has 0 unspecified atom stereocenters. The average molecular weight is 244 g/mol. The van der Waals surface area contributed by atoms with E-state index in [9.17, 15) is 0 Å². The first-order chi connectivity index (χ1) is 8.70. The van der Waals surface area contributed by atoms with E-state index in [4.69, 9.17) is 4.74 Å². The van der Waals surface area contributed by atoms with E-state index in [0.717, 1.165) is 22.9 Å². The number of hydrogen-bond donors (Lipinski definition) is 2. The minimum Gasteiger partial charge on any atom is -0.494 e. The Hall–Kier alpha value is -2.30. The molecule has 0 aromatic heterocycles. The van der Waals surface area contributed by atoms with Gasteiger partial charge in [0.05, 0.1) is 23.7 Å². The summed E-state index contributed by atoms with van der Waals surface area (Å²) >= 11 is 0. The summed E-state index contributed by atoms with van der Waals surface area (Å²) < 4.78 is 5.37. The molecule has 1 aromatic carbocycles. The molecule has 2 rings (SSSR count). The van der Waals surface area contributed by atoms with Crippen molar-refractivity contribution in [3.05, 3.63) is 36.5 Å². The first-order valence-electron chi connectivity index (χ1n) is 5.77. The molecule has 0 atom stereocenters. The van der Waals surface area contributed by atoms with Gasteiger partial charge in [0, 0.05) is 0 Å². The van der Waals surface area contributed by atoms with Crippen molar-refractivity contribution in [3.63, 3.8) is 0 Å². The van der Waals surface area contributed by atoms with Crippen molar-refractivity contribution in [1.29, 1.82) is 0 Å². The Bertz CT molecular complexity index is 502. The molecule has 0 amide bonds. The summed E-state index contributed by atoms with van der Waals surface area (Å²) in [6, 6.07) is 7.61. The smallest absolute Gasteiger partial charge is 0.131 e. The zero-order valence-electron chi connectivity index (χ0n) is 10.5. The van der Waals surface area contributed by atoms with Gasteiger partial charge in [0.25, 0.3) is 0 Å². The zero-order chi connectivity index (χ0) is 13.0. The molecule has 5 nitrogen and oxygen atoms in total. The summed E-state index contributed by atoms with van der Waals surface area (Å²) in [5, 5.41) is 8.29. The number of anilines is 1. The fraction of sp³-hybridized carbons (Fsp3) is 0.231. The topological polar surface area (TPSA) is 58.0 Å². The molecule has 1 aliphatic rings. The van der Waals surface area contributed by atoms with Gasteiger partial charge in [-0.05, 0) is 38.1 Å². The average Bonchev–Trinajstić information content (AvgIpc) is 2.69. The summed E-state index contributed by atoms with van der Waals surface area (Å²) in [6.45, 7) is 8.32. The summed E-state index contributed by atoms with van der Waals surface area (Å²) in [5.74, 6) is 0.848. The second-order valence-electron chi connectivity index (χ2n) is 3.82. The van der Waals surface area contributed by atoms with E-state index in [-0.39, 0.29) is 0 Å². The predicted molar refractivity (Wildman–Crippen MR) is 74.1 cm³/mol. The molecule has 0 spiro atoms. The van der Waals surface area contributed by atoms with Gasteiger partial charge in [0.1, 0.15) is 11.5 Å². The van der Waals surface area contributed by atoms with Crippen LogP contribution in [0.2, 0.25) is 0 Å². The van der Waals surface area contributed by atoms with E-state index in [1.807, 2.05) is 38.1 Å². The summed E-state index contributed by atoms with van der Waals surface area (Å²) in [7, 11) is 0. The molecule has 0 saturated carbocycles. The van der Waals surface area contributed by atoms with Crippen LogP contribution < -0.4 is 15.6 Å². The van der Waals surface area contributed by atoms with Crippen LogP contribution in [0.1, 0.15) is 13.8 Å². The minimum atomic E-state index is 0.663. The Morgan fingerprint density at radius 2 is 2.11 bits per heavy atom. The summed E-state index contributed by atoms with van der Waals surface area (Å²) in [4.78, 5) is 0. The quantitative estimate of drug-likeness (QED) is 0.799. The van der Waals surface area contributed by atoms with Crippen molar-refractivity contribution in [3.8, 4) is 5.75 Å². The Morgan fingerprint density at radius 3 is 2.67 bits per heavy atom. The van der Waals surface area contributed by atoms with E-state index in [0.29, 0.717) is 12.3 Å². The van der Waals surface area contributed by atoms with Crippen molar-refractivity contribution in [1.82, 2.24) is 5.43 Å². The molecule has 0 fully saturated rings. The Balaban J connectivity index is 2.04. The number of hydrogen-bond acceptors (Lipinski definition) is 5. The molecule has 1 heterocycles. The van der Waals surface area contributed by atoms with Crippen LogP contribution in [0.3, 0.4) is 0 Å². The van der Waals surface area contributed by atoms with Crippen LogP contribution in [0.15, 0.2) is 46.7 Å². The normalized spacial score (nSPS) is 16.4. The van der Waals surface area contributed by atoms with Crippen LogP contribution in [0.4, 0.5) is 5.69 Å². The fourth-order valence-corrected chi connectivity index (χ4v) is 1.54. The minimum absolute atomic E-state index is 0.663. The third-order valence-corrected chi connectivity index (χ3v) is 2.45. The maximum atomic E-state index is 5.37. The van der Waals surface area contributed by atoms with Crippen LogP contribution in [-0.4, -0.2) is 18.0 Å². The maximum Gasteiger partial charge on any atom is 0.131 e. The lowest BCUT2D eigenvalue weighted by molar-refractivity contribution is 0.340. The summed E-state index contributed by atoms with van der Waals surface area (Å²) in [5.41, 5.74) is 8.90. The molecule has 0 bridgehead atoms. The SMILES string of the molecule is C=C1NN=C(C)/C1=N\Nc1ccc(OCC)cc1. The lowest BCUT2D eigenvalue weighted by Crippen LogP contribution is -2.11. The molecule has 0 saturated heterocycles. The monoisotopic (exact) mass is 244 g/mol. The third-order valence-electron chi connectivity index (χ3n) is 2.45.